The number of carbonyl (C=O) groups is 1. The molecule has 0 spiro atoms. The van der Waals surface area contributed by atoms with Crippen molar-refractivity contribution in [1.29, 1.82) is 0 Å². The van der Waals surface area contributed by atoms with Crippen molar-refractivity contribution < 1.29 is 19.0 Å². The van der Waals surface area contributed by atoms with Gasteiger partial charge in [-0.3, -0.25) is 4.98 Å². The Morgan fingerprint density at radius 2 is 2.11 bits per heavy atom. The summed E-state index contributed by atoms with van der Waals surface area (Å²) >= 11 is 1.61. The molecule has 1 atom stereocenters. The second-order valence-corrected chi connectivity index (χ2v) is 9.76. The number of amides is 1. The van der Waals surface area contributed by atoms with Crippen LogP contribution in [0.15, 0.2) is 55.0 Å². The molecule has 0 fully saturated rings. The van der Waals surface area contributed by atoms with Gasteiger partial charge in [-0.25, -0.2) is 19.7 Å². The zero-order valence-electron chi connectivity index (χ0n) is 20.2. The fraction of sp³-hybridized carbons (Fsp3) is 0.222. The van der Waals surface area contributed by atoms with Crippen molar-refractivity contribution >= 4 is 38.7 Å². The number of fused-ring (bicyclic) bond motifs is 4. The van der Waals surface area contributed by atoms with E-state index in [1.807, 2.05) is 31.2 Å². The highest BCUT2D eigenvalue weighted by Gasteiger charge is 2.27. The van der Waals surface area contributed by atoms with Crippen LogP contribution in [0.4, 0.5) is 4.79 Å². The number of pyridine rings is 1. The lowest BCUT2D eigenvalue weighted by molar-refractivity contribution is 0.133. The Morgan fingerprint density at radius 1 is 1.19 bits per heavy atom. The zero-order valence-corrected chi connectivity index (χ0v) is 21.0. The van der Waals surface area contributed by atoms with Gasteiger partial charge in [-0.05, 0) is 42.8 Å². The number of methoxy groups -OCH3 is 1. The maximum absolute atomic E-state index is 12.2. The van der Waals surface area contributed by atoms with Crippen LogP contribution < -0.4 is 14.8 Å². The van der Waals surface area contributed by atoms with Crippen LogP contribution in [0.1, 0.15) is 16.7 Å². The third-order valence-corrected chi connectivity index (χ3v) is 7.28. The number of benzene rings is 2. The molecule has 1 aliphatic rings. The standard InChI is InChI=1S/C27H23N5O4S/c1-15-8-19(24-21(9-15)31-23(34-2)13-29-24)26-32-20-5-6-22-18(25(20)37-26)10-17(36-22)12-30-27(33)35-14-16-4-3-7-28-11-16/h3-9,11,13,17H,10,12,14H2,1-2H3,(H,30,33)/t17-/m0/s1. The van der Waals surface area contributed by atoms with Crippen LogP contribution >= 0.6 is 11.3 Å². The monoisotopic (exact) mass is 513 g/mol. The smallest absolute Gasteiger partial charge is 0.407 e. The first-order valence-corrected chi connectivity index (χ1v) is 12.6. The number of thiazole rings is 1. The van der Waals surface area contributed by atoms with Gasteiger partial charge in [0, 0.05) is 35.5 Å². The van der Waals surface area contributed by atoms with Crippen LogP contribution in [-0.4, -0.2) is 45.8 Å². The highest BCUT2D eigenvalue weighted by Crippen LogP contribution is 2.41. The first-order chi connectivity index (χ1) is 18.1. The van der Waals surface area contributed by atoms with E-state index >= 15 is 0 Å². The molecule has 6 rings (SSSR count). The van der Waals surface area contributed by atoms with Gasteiger partial charge in [-0.2, -0.15) is 0 Å². The van der Waals surface area contributed by atoms with Crippen LogP contribution in [0.25, 0.3) is 31.8 Å². The van der Waals surface area contributed by atoms with Gasteiger partial charge in [0.15, 0.2) is 0 Å². The molecule has 4 heterocycles. The zero-order chi connectivity index (χ0) is 25.4. The highest BCUT2D eigenvalue weighted by atomic mass is 32.1. The van der Waals surface area contributed by atoms with E-state index in [1.165, 1.54) is 0 Å². The quantitative estimate of drug-likeness (QED) is 0.343. The molecule has 2 aromatic carbocycles. The number of alkyl carbamates (subject to hydrolysis) is 1. The second-order valence-electron chi connectivity index (χ2n) is 8.76. The van der Waals surface area contributed by atoms with Crippen LogP contribution in [0.3, 0.4) is 0 Å². The van der Waals surface area contributed by atoms with E-state index in [-0.39, 0.29) is 12.7 Å². The number of hydrogen-bond acceptors (Lipinski definition) is 9. The molecule has 0 saturated carbocycles. The van der Waals surface area contributed by atoms with Gasteiger partial charge < -0.3 is 19.5 Å². The summed E-state index contributed by atoms with van der Waals surface area (Å²) in [7, 11) is 1.58. The average molecular weight is 514 g/mol. The maximum Gasteiger partial charge on any atom is 0.407 e. The third-order valence-electron chi connectivity index (χ3n) is 6.12. The van der Waals surface area contributed by atoms with E-state index in [9.17, 15) is 4.79 Å². The lowest BCUT2D eigenvalue weighted by Crippen LogP contribution is -2.34. The molecule has 0 aliphatic carbocycles. The van der Waals surface area contributed by atoms with E-state index in [2.05, 4.69) is 26.3 Å². The summed E-state index contributed by atoms with van der Waals surface area (Å²) < 4.78 is 17.7. The van der Waals surface area contributed by atoms with E-state index in [4.69, 9.17) is 19.2 Å². The number of nitrogens with one attached hydrogen (secondary N) is 1. The van der Waals surface area contributed by atoms with Gasteiger partial charge in [0.05, 0.1) is 41.1 Å². The Kier molecular flexibility index (Phi) is 6.01. The van der Waals surface area contributed by atoms with Crippen molar-refractivity contribution in [3.63, 3.8) is 0 Å². The van der Waals surface area contributed by atoms with Gasteiger partial charge in [-0.1, -0.05) is 6.07 Å². The average Bonchev–Trinajstić information content (AvgIpc) is 3.54. The molecule has 10 heteroatoms. The Balaban J connectivity index is 1.20. The number of hydrogen-bond donors (Lipinski definition) is 1. The number of aryl methyl sites for hydroxylation is 1. The summed E-state index contributed by atoms with van der Waals surface area (Å²) in [5, 5.41) is 3.67. The molecule has 0 unspecified atom stereocenters. The molecule has 1 N–H and O–H groups in total. The van der Waals surface area contributed by atoms with Crippen LogP contribution in [0, 0.1) is 6.92 Å². The van der Waals surface area contributed by atoms with Crippen LogP contribution in [0.2, 0.25) is 0 Å². The lowest BCUT2D eigenvalue weighted by Gasteiger charge is -2.12. The number of carbonyl (C=O) groups excluding carboxylic acids is 1. The number of rotatable bonds is 6. The number of aromatic nitrogens is 4. The maximum atomic E-state index is 12.2. The summed E-state index contributed by atoms with van der Waals surface area (Å²) in [6, 6.07) is 11.7. The predicted molar refractivity (Wildman–Crippen MR) is 140 cm³/mol. The SMILES string of the molecule is COc1cnc2c(-c3nc4ccc5c(c4s3)C[C@@H](CNC(=O)OCc3cccnc3)O5)cc(C)cc2n1. The third kappa shape index (κ3) is 4.63. The summed E-state index contributed by atoms with van der Waals surface area (Å²) in [4.78, 5) is 30.2. The Labute approximate surface area is 216 Å². The van der Waals surface area contributed by atoms with Gasteiger partial charge in [-0.15, -0.1) is 11.3 Å². The topological polar surface area (TPSA) is 108 Å². The minimum absolute atomic E-state index is 0.167. The predicted octanol–water partition coefficient (Wildman–Crippen LogP) is 4.85. The normalized spacial score (nSPS) is 14.4. The fourth-order valence-electron chi connectivity index (χ4n) is 4.40. The largest absolute Gasteiger partial charge is 0.488 e. The molecule has 9 nitrogen and oxygen atoms in total. The molecule has 186 valence electrons. The summed E-state index contributed by atoms with van der Waals surface area (Å²) in [6.07, 6.45) is 4.97. The lowest BCUT2D eigenvalue weighted by atomic mass is 10.1. The first kappa shape index (κ1) is 23.1. The van der Waals surface area contributed by atoms with Gasteiger partial charge >= 0.3 is 6.09 Å². The molecule has 1 aliphatic heterocycles. The Morgan fingerprint density at radius 3 is 2.95 bits per heavy atom. The number of nitrogens with zero attached hydrogens (tertiary/aromatic N) is 4. The fourth-order valence-corrected chi connectivity index (χ4v) is 5.53. The second kappa shape index (κ2) is 9.62. The molecule has 0 bridgehead atoms. The van der Waals surface area contributed by atoms with Crippen molar-refractivity contribution in [2.75, 3.05) is 13.7 Å². The van der Waals surface area contributed by atoms with Crippen molar-refractivity contribution in [3.8, 4) is 22.2 Å². The van der Waals surface area contributed by atoms with E-state index < -0.39 is 6.09 Å². The van der Waals surface area contributed by atoms with Crippen molar-refractivity contribution in [3.05, 3.63) is 71.7 Å². The Bertz CT molecular complexity index is 1620. The van der Waals surface area contributed by atoms with Crippen LogP contribution in [-0.2, 0) is 17.8 Å². The highest BCUT2D eigenvalue weighted by molar-refractivity contribution is 7.22. The summed E-state index contributed by atoms with van der Waals surface area (Å²) in [6.45, 7) is 2.54. The van der Waals surface area contributed by atoms with Crippen LogP contribution in [0.5, 0.6) is 11.6 Å². The minimum atomic E-state index is -0.488. The molecular formula is C27H23N5O4S. The Hall–Kier alpha value is -4.31. The van der Waals surface area contributed by atoms with Crippen molar-refractivity contribution in [2.45, 2.75) is 26.1 Å². The van der Waals surface area contributed by atoms with E-state index in [0.29, 0.717) is 18.8 Å². The van der Waals surface area contributed by atoms with Gasteiger partial charge in [0.25, 0.3) is 0 Å². The molecular weight excluding hydrogens is 490 g/mol. The van der Waals surface area contributed by atoms with Gasteiger partial charge in [0.1, 0.15) is 23.5 Å². The molecule has 5 aromatic rings. The van der Waals surface area contributed by atoms with Crippen molar-refractivity contribution in [2.24, 2.45) is 0 Å². The first-order valence-electron chi connectivity index (χ1n) is 11.8. The molecule has 0 radical (unpaired) electrons. The number of ether oxygens (including phenoxy) is 3. The molecule has 37 heavy (non-hydrogen) atoms. The van der Waals surface area contributed by atoms with Crippen molar-refractivity contribution in [1.82, 2.24) is 25.3 Å². The summed E-state index contributed by atoms with van der Waals surface area (Å²) in [5.41, 5.74) is 6.39. The van der Waals surface area contributed by atoms with Gasteiger partial charge in [0.2, 0.25) is 5.88 Å². The molecule has 1 amide bonds. The minimum Gasteiger partial charge on any atom is -0.488 e. The molecule has 3 aromatic heterocycles. The summed E-state index contributed by atoms with van der Waals surface area (Å²) in [5.74, 6) is 1.29. The van der Waals surface area contributed by atoms with E-state index in [0.717, 1.165) is 54.3 Å². The molecule has 0 saturated heterocycles. The van der Waals surface area contributed by atoms with E-state index in [1.54, 1.807) is 43.1 Å².